The second-order valence-corrected chi connectivity index (χ2v) is 12.7. The summed E-state index contributed by atoms with van der Waals surface area (Å²) in [7, 11) is 0. The van der Waals surface area contributed by atoms with Crippen LogP contribution in [0.2, 0.25) is 5.02 Å². The van der Waals surface area contributed by atoms with Gasteiger partial charge in [0.05, 0.1) is 33.5 Å². The molecule has 1 aliphatic heterocycles. The molecule has 0 bridgehead atoms. The zero-order chi connectivity index (χ0) is 31.4. The van der Waals surface area contributed by atoms with E-state index < -0.39 is 23.6 Å². The minimum absolute atomic E-state index is 0.0446. The van der Waals surface area contributed by atoms with Crippen LogP contribution in [0.25, 0.3) is 21.7 Å². The number of anilines is 2. The Bertz CT molecular complexity index is 1840. The number of aromatic nitrogens is 2. The number of halogens is 5. The standard InChI is InChI=1S/C31H29ClF4N8/c1-29(2,3)16-40-26-17(12-37)13-39-27-21(26)10-18(11-23(27)32)41-28(20-4-5-24(33)22-14-38-9-6-19(20)22)25-15-44(43-42-25)30(7-8-30)31(34,35)36/h4-6,9-11,13-15,28,41-43H,7-8,16H2,1-3H3,(H,39,40)/t28-/m0/s1. The summed E-state index contributed by atoms with van der Waals surface area (Å²) in [6.07, 6.45) is 1.26. The van der Waals surface area contributed by atoms with Crippen LogP contribution in [0.3, 0.4) is 0 Å². The molecule has 8 nitrogen and oxygen atoms in total. The van der Waals surface area contributed by atoms with E-state index in [0.717, 1.165) is 5.01 Å². The van der Waals surface area contributed by atoms with Gasteiger partial charge in [-0.1, -0.05) is 38.4 Å². The molecule has 3 heterocycles. The van der Waals surface area contributed by atoms with Crippen LogP contribution < -0.4 is 21.6 Å². The van der Waals surface area contributed by atoms with Crippen molar-refractivity contribution < 1.29 is 17.6 Å². The summed E-state index contributed by atoms with van der Waals surface area (Å²) in [5, 5.41) is 19.4. The molecule has 1 aliphatic carbocycles. The second kappa shape index (κ2) is 10.7. The van der Waals surface area contributed by atoms with E-state index in [-0.39, 0.29) is 23.6 Å². The molecule has 228 valence electrons. The molecule has 0 amide bonds. The predicted molar refractivity (Wildman–Crippen MR) is 162 cm³/mol. The number of hydrazine groups is 2. The number of nitrogens with one attached hydrogen (secondary N) is 4. The third-order valence-corrected chi connectivity index (χ3v) is 8.16. The maximum absolute atomic E-state index is 14.8. The molecule has 1 fully saturated rings. The molecule has 0 spiro atoms. The molecule has 0 unspecified atom stereocenters. The van der Waals surface area contributed by atoms with Crippen molar-refractivity contribution in [2.24, 2.45) is 5.41 Å². The van der Waals surface area contributed by atoms with Crippen LogP contribution in [-0.2, 0) is 0 Å². The summed E-state index contributed by atoms with van der Waals surface area (Å²) < 4.78 is 56.7. The third kappa shape index (κ3) is 5.31. The molecule has 0 radical (unpaired) electrons. The predicted octanol–water partition coefficient (Wildman–Crippen LogP) is 7.32. The van der Waals surface area contributed by atoms with Crippen LogP contribution in [0.5, 0.6) is 0 Å². The number of rotatable bonds is 7. The van der Waals surface area contributed by atoms with Gasteiger partial charge in [0, 0.05) is 47.8 Å². The highest BCUT2D eigenvalue weighted by atomic mass is 35.5. The molecule has 44 heavy (non-hydrogen) atoms. The van der Waals surface area contributed by atoms with Crippen molar-refractivity contribution in [1.29, 1.82) is 5.26 Å². The first-order valence-corrected chi connectivity index (χ1v) is 14.3. The zero-order valence-electron chi connectivity index (χ0n) is 24.1. The first kappa shape index (κ1) is 29.7. The first-order valence-electron chi connectivity index (χ1n) is 14.0. The number of hydrogen-bond acceptors (Lipinski definition) is 8. The van der Waals surface area contributed by atoms with Gasteiger partial charge in [0.1, 0.15) is 11.9 Å². The topological polar surface area (TPSA) is 101 Å². The molecule has 6 rings (SSSR count). The van der Waals surface area contributed by atoms with Crippen molar-refractivity contribution in [1.82, 2.24) is 25.9 Å². The van der Waals surface area contributed by atoms with Crippen molar-refractivity contribution in [3.63, 3.8) is 0 Å². The van der Waals surface area contributed by atoms with Crippen molar-refractivity contribution in [2.45, 2.75) is 51.4 Å². The number of fused-ring (bicyclic) bond motifs is 2. The van der Waals surface area contributed by atoms with Gasteiger partial charge in [-0.2, -0.15) is 18.4 Å². The highest BCUT2D eigenvalue weighted by molar-refractivity contribution is 6.35. The smallest absolute Gasteiger partial charge is 0.383 e. The average molecular weight is 625 g/mol. The number of nitrogens with zero attached hydrogens (tertiary/aromatic N) is 4. The van der Waals surface area contributed by atoms with Gasteiger partial charge in [-0.25, -0.2) is 4.39 Å². The van der Waals surface area contributed by atoms with Crippen LogP contribution in [0, 0.1) is 22.6 Å². The van der Waals surface area contributed by atoms with Crippen LogP contribution in [-0.4, -0.2) is 33.2 Å². The first-order chi connectivity index (χ1) is 20.8. The summed E-state index contributed by atoms with van der Waals surface area (Å²) in [6.45, 7) is 6.75. The van der Waals surface area contributed by atoms with Gasteiger partial charge >= 0.3 is 6.18 Å². The fourth-order valence-corrected chi connectivity index (χ4v) is 5.65. The molecule has 4 N–H and O–H groups in total. The Kier molecular flexibility index (Phi) is 7.21. The second-order valence-electron chi connectivity index (χ2n) is 12.3. The molecule has 1 saturated carbocycles. The lowest BCUT2D eigenvalue weighted by atomic mass is 9.96. The lowest BCUT2D eigenvalue weighted by Crippen LogP contribution is -2.52. The Morgan fingerprint density at radius 1 is 1.11 bits per heavy atom. The molecular formula is C31H29ClF4N8. The Labute approximate surface area is 256 Å². The fraction of sp³-hybridized carbons (Fsp3) is 0.323. The monoisotopic (exact) mass is 624 g/mol. The highest BCUT2D eigenvalue weighted by Crippen LogP contribution is 2.54. The molecule has 13 heteroatoms. The molecule has 2 aliphatic rings. The van der Waals surface area contributed by atoms with Gasteiger partial charge in [0.25, 0.3) is 0 Å². The number of hydrogen-bond donors (Lipinski definition) is 4. The van der Waals surface area contributed by atoms with E-state index in [9.17, 15) is 22.8 Å². The van der Waals surface area contributed by atoms with E-state index >= 15 is 0 Å². The lowest BCUT2D eigenvalue weighted by molar-refractivity contribution is -0.195. The Morgan fingerprint density at radius 3 is 2.57 bits per heavy atom. The van der Waals surface area contributed by atoms with Crippen molar-refractivity contribution >= 4 is 44.7 Å². The lowest BCUT2D eigenvalue weighted by Gasteiger charge is -2.28. The van der Waals surface area contributed by atoms with Gasteiger partial charge in [-0.15, -0.1) is 5.53 Å². The van der Waals surface area contributed by atoms with Crippen LogP contribution in [0.15, 0.2) is 60.8 Å². The fourth-order valence-electron chi connectivity index (χ4n) is 5.38. The van der Waals surface area contributed by atoms with E-state index in [1.807, 2.05) is 0 Å². The van der Waals surface area contributed by atoms with Gasteiger partial charge in [-0.05, 0) is 53.5 Å². The summed E-state index contributed by atoms with van der Waals surface area (Å²) in [5.41, 5.74) is 6.32. The zero-order valence-corrected chi connectivity index (χ0v) is 24.8. The van der Waals surface area contributed by atoms with Crippen molar-refractivity contribution in [3.05, 3.63) is 82.8 Å². The molecule has 0 saturated heterocycles. The summed E-state index contributed by atoms with van der Waals surface area (Å²) in [6, 6.07) is 9.40. The van der Waals surface area contributed by atoms with E-state index in [0.29, 0.717) is 56.1 Å². The number of benzene rings is 2. The molecule has 2 aromatic heterocycles. The highest BCUT2D eigenvalue weighted by Gasteiger charge is 2.67. The van der Waals surface area contributed by atoms with Crippen molar-refractivity contribution in [2.75, 3.05) is 17.2 Å². The number of alkyl halides is 3. The Hall–Kier alpha value is -4.34. The van der Waals surface area contributed by atoms with Crippen molar-refractivity contribution in [3.8, 4) is 6.07 Å². The van der Waals surface area contributed by atoms with Gasteiger partial charge in [0.2, 0.25) is 0 Å². The normalized spacial score (nSPS) is 16.8. The average Bonchev–Trinajstić information content (AvgIpc) is 3.66. The van der Waals surface area contributed by atoms with E-state index in [2.05, 4.69) is 58.4 Å². The SMILES string of the molecule is CC(C)(C)CNc1c(C#N)cnc2c(Cl)cc(N[C@H](C3=CN(C4(C(F)(F)F)CC4)NN3)c3ccc(F)c4cnccc34)cc12. The van der Waals surface area contributed by atoms with E-state index in [4.69, 9.17) is 11.6 Å². The summed E-state index contributed by atoms with van der Waals surface area (Å²) >= 11 is 6.72. The number of nitriles is 1. The molecule has 4 aromatic rings. The molecule has 2 aromatic carbocycles. The minimum Gasteiger partial charge on any atom is -0.383 e. The van der Waals surface area contributed by atoms with E-state index in [1.54, 1.807) is 24.3 Å². The quantitative estimate of drug-likeness (QED) is 0.159. The molecular weight excluding hydrogens is 596 g/mol. The van der Waals surface area contributed by atoms with E-state index in [1.165, 1.54) is 30.9 Å². The van der Waals surface area contributed by atoms with Gasteiger partial charge < -0.3 is 16.1 Å². The number of pyridine rings is 2. The maximum atomic E-state index is 14.8. The van der Waals surface area contributed by atoms with Gasteiger partial charge in [-0.3, -0.25) is 15.0 Å². The molecule has 1 atom stereocenters. The summed E-state index contributed by atoms with van der Waals surface area (Å²) in [5.74, 6) is -0.476. The van der Waals surface area contributed by atoms with Crippen LogP contribution in [0.4, 0.5) is 28.9 Å². The van der Waals surface area contributed by atoms with Crippen LogP contribution in [0.1, 0.15) is 50.8 Å². The largest absolute Gasteiger partial charge is 0.413 e. The summed E-state index contributed by atoms with van der Waals surface area (Å²) in [4.78, 5) is 8.46. The third-order valence-electron chi connectivity index (χ3n) is 7.87. The Balaban J connectivity index is 1.48. The van der Waals surface area contributed by atoms with Crippen LogP contribution >= 0.6 is 11.6 Å². The maximum Gasteiger partial charge on any atom is 0.413 e. The minimum atomic E-state index is -4.45. The Morgan fingerprint density at radius 2 is 1.89 bits per heavy atom. The van der Waals surface area contributed by atoms with Gasteiger partial charge in [0.15, 0.2) is 5.54 Å².